The number of nitriles is 1. The van der Waals surface area contributed by atoms with Gasteiger partial charge in [-0.1, -0.05) is 30.7 Å². The molecule has 0 bridgehead atoms. The fraction of sp³-hybridized carbons (Fsp3) is 0.345. The number of piperidine rings is 1. The maximum Gasteiger partial charge on any atom is 0.164 e. The molecule has 1 fully saturated rings. The van der Waals surface area contributed by atoms with Crippen LogP contribution in [-0.4, -0.2) is 51.6 Å². The number of aryl methyl sites for hydroxylation is 1. The van der Waals surface area contributed by atoms with Crippen LogP contribution in [0, 0.1) is 30.1 Å². The summed E-state index contributed by atoms with van der Waals surface area (Å²) in [6.45, 7) is 6.40. The molecule has 0 saturated carbocycles. The van der Waals surface area contributed by atoms with Crippen LogP contribution in [0.5, 0.6) is 5.75 Å². The van der Waals surface area contributed by atoms with Gasteiger partial charge in [0.1, 0.15) is 24.2 Å². The number of hydrogen-bond donors (Lipinski definition) is 1. The van der Waals surface area contributed by atoms with Crippen molar-refractivity contribution < 1.29 is 9.53 Å². The first-order valence-corrected chi connectivity index (χ1v) is 13.4. The van der Waals surface area contributed by atoms with E-state index in [9.17, 15) is 10.1 Å². The van der Waals surface area contributed by atoms with Crippen molar-refractivity contribution in [2.45, 2.75) is 26.7 Å². The van der Waals surface area contributed by atoms with E-state index in [1.165, 1.54) is 6.20 Å². The molecule has 0 amide bonds. The lowest BCUT2D eigenvalue weighted by atomic mass is 9.82. The van der Waals surface area contributed by atoms with Gasteiger partial charge in [-0.3, -0.25) is 9.78 Å². The Morgan fingerprint density at radius 1 is 1.28 bits per heavy atom. The summed E-state index contributed by atoms with van der Waals surface area (Å²) in [5, 5.41) is 14.4. The lowest BCUT2D eigenvalue weighted by Gasteiger charge is -2.37. The van der Waals surface area contributed by atoms with Crippen molar-refractivity contribution in [3.8, 4) is 23.1 Å². The van der Waals surface area contributed by atoms with E-state index in [4.69, 9.17) is 32.0 Å². The van der Waals surface area contributed by atoms with E-state index in [1.807, 2.05) is 25.1 Å². The van der Waals surface area contributed by atoms with Gasteiger partial charge in [-0.05, 0) is 42.9 Å². The Hall–Kier alpha value is -4.00. The summed E-state index contributed by atoms with van der Waals surface area (Å²) in [7, 11) is 0. The molecule has 0 spiro atoms. The summed E-state index contributed by atoms with van der Waals surface area (Å²) < 4.78 is 7.34. The lowest BCUT2D eigenvalue weighted by molar-refractivity contribution is 0.0939. The minimum Gasteiger partial charge on any atom is -0.491 e. The van der Waals surface area contributed by atoms with Crippen molar-refractivity contribution in [3.63, 3.8) is 0 Å². The van der Waals surface area contributed by atoms with E-state index >= 15 is 0 Å². The number of ether oxygens (including phenoxy) is 1. The number of nitrogens with zero attached hydrogens (tertiary/aromatic N) is 6. The molecule has 0 radical (unpaired) electrons. The Balaban J connectivity index is 1.38. The molecule has 4 aromatic rings. The zero-order valence-electron chi connectivity index (χ0n) is 22.0. The highest BCUT2D eigenvalue weighted by atomic mass is 35.5. The van der Waals surface area contributed by atoms with Gasteiger partial charge in [-0.15, -0.1) is 0 Å². The number of Topliss-reactive ketones (excluding diaryl/α,β-unsaturated/α-hetero) is 1. The second-order valence-corrected chi connectivity index (χ2v) is 10.4. The van der Waals surface area contributed by atoms with Crippen LogP contribution in [0.25, 0.3) is 16.8 Å². The molecular formula is C29H30ClN7O2. The summed E-state index contributed by atoms with van der Waals surface area (Å²) in [6, 6.07) is 9.58. The smallest absolute Gasteiger partial charge is 0.164 e. The summed E-state index contributed by atoms with van der Waals surface area (Å²) in [5.74, 6) is 1.97. The second-order valence-electron chi connectivity index (χ2n) is 9.98. The maximum atomic E-state index is 13.2. The maximum absolute atomic E-state index is 13.2. The highest BCUT2D eigenvalue weighted by Gasteiger charge is 2.30. The van der Waals surface area contributed by atoms with E-state index in [2.05, 4.69) is 23.0 Å². The summed E-state index contributed by atoms with van der Waals surface area (Å²) in [4.78, 5) is 24.8. The van der Waals surface area contributed by atoms with Crippen LogP contribution in [0.4, 0.5) is 5.82 Å². The molecule has 1 aromatic carbocycles. The first-order chi connectivity index (χ1) is 18.9. The first kappa shape index (κ1) is 26.6. The molecule has 10 heteroatoms. The third-order valence-electron chi connectivity index (χ3n) is 7.39. The number of carbonyl (C=O) groups excluding carboxylic acids is 1. The number of pyridine rings is 1. The number of rotatable bonds is 8. The van der Waals surface area contributed by atoms with Crippen LogP contribution < -0.4 is 15.4 Å². The summed E-state index contributed by atoms with van der Waals surface area (Å²) in [5.41, 5.74) is 9.49. The van der Waals surface area contributed by atoms with Crippen molar-refractivity contribution in [2.75, 3.05) is 31.1 Å². The van der Waals surface area contributed by atoms with E-state index in [0.29, 0.717) is 70.7 Å². The third kappa shape index (κ3) is 5.44. The normalized spacial score (nSPS) is 17.3. The number of fused-ring (bicyclic) bond motifs is 1. The fourth-order valence-electron chi connectivity index (χ4n) is 5.20. The molecule has 1 aliphatic rings. The first-order valence-electron chi connectivity index (χ1n) is 13.0. The number of halogens is 1. The van der Waals surface area contributed by atoms with Crippen molar-refractivity contribution in [1.82, 2.24) is 19.6 Å². The lowest BCUT2D eigenvalue weighted by Crippen LogP contribution is -2.41. The summed E-state index contributed by atoms with van der Waals surface area (Å²) >= 11 is 6.37. The average molecular weight is 544 g/mol. The zero-order valence-corrected chi connectivity index (χ0v) is 22.7. The number of carbonyl (C=O) groups is 1. The Labute approximate surface area is 232 Å². The van der Waals surface area contributed by atoms with Gasteiger partial charge in [0.05, 0.1) is 46.6 Å². The number of nitrogens with two attached hydrogens (primary N) is 1. The topological polar surface area (TPSA) is 122 Å². The molecule has 3 aromatic heterocycles. The molecule has 2 atom stereocenters. The highest BCUT2D eigenvalue weighted by molar-refractivity contribution is 6.34. The molecule has 2 unspecified atom stereocenters. The Morgan fingerprint density at radius 3 is 2.85 bits per heavy atom. The molecule has 1 saturated heterocycles. The fourth-order valence-corrected chi connectivity index (χ4v) is 5.53. The standard InChI is InChI=1S/C29H30ClN7O2/c1-18-6-8-36(16-20(18)10-26(38)28-19(2)4-3-5-24(28)30)27-15-33-25(14-34-27)23-11-22(39-9-7-31)17-37-29(23)21(12-32)13-35-37/h3-5,11,13-15,17-18,20H,6-10,16,31H2,1-2H3. The molecule has 5 rings (SSSR count). The zero-order chi connectivity index (χ0) is 27.5. The van der Waals surface area contributed by atoms with Gasteiger partial charge in [0.2, 0.25) is 0 Å². The SMILES string of the molecule is Cc1cccc(Cl)c1C(=O)CC1CN(c2cnc(-c3cc(OCCN)cn4ncc(C#N)c34)cn2)CCC1C. The van der Waals surface area contributed by atoms with Gasteiger partial charge in [-0.25, -0.2) is 9.50 Å². The van der Waals surface area contributed by atoms with E-state index < -0.39 is 0 Å². The predicted molar refractivity (Wildman–Crippen MR) is 150 cm³/mol. The van der Waals surface area contributed by atoms with Gasteiger partial charge in [0.15, 0.2) is 5.78 Å². The van der Waals surface area contributed by atoms with E-state index in [1.54, 1.807) is 29.2 Å². The molecule has 2 N–H and O–H groups in total. The molecule has 4 heterocycles. The van der Waals surface area contributed by atoms with E-state index in [-0.39, 0.29) is 11.7 Å². The van der Waals surface area contributed by atoms with Crippen LogP contribution in [0.3, 0.4) is 0 Å². The van der Waals surface area contributed by atoms with Gasteiger partial charge >= 0.3 is 0 Å². The van der Waals surface area contributed by atoms with Gasteiger partial charge in [0, 0.05) is 37.2 Å². The Morgan fingerprint density at radius 2 is 2.13 bits per heavy atom. The van der Waals surface area contributed by atoms with Crippen LogP contribution in [0.1, 0.15) is 41.3 Å². The Bertz CT molecular complexity index is 1520. The predicted octanol–water partition coefficient (Wildman–Crippen LogP) is 4.70. The number of anilines is 1. The Kier molecular flexibility index (Phi) is 7.77. The molecule has 1 aliphatic heterocycles. The van der Waals surface area contributed by atoms with Crippen LogP contribution >= 0.6 is 11.6 Å². The van der Waals surface area contributed by atoms with Crippen molar-refractivity contribution >= 4 is 28.7 Å². The minimum atomic E-state index is 0.0769. The minimum absolute atomic E-state index is 0.0769. The third-order valence-corrected chi connectivity index (χ3v) is 7.71. The quantitative estimate of drug-likeness (QED) is 0.317. The second kappa shape index (κ2) is 11.4. The highest BCUT2D eigenvalue weighted by Crippen LogP contribution is 2.33. The largest absolute Gasteiger partial charge is 0.491 e. The monoisotopic (exact) mass is 543 g/mol. The average Bonchev–Trinajstić information content (AvgIpc) is 3.36. The van der Waals surface area contributed by atoms with Crippen molar-refractivity contribution in [1.29, 1.82) is 5.26 Å². The molecule has 200 valence electrons. The number of ketones is 1. The van der Waals surface area contributed by atoms with Crippen molar-refractivity contribution in [2.24, 2.45) is 17.6 Å². The molecular weight excluding hydrogens is 514 g/mol. The van der Waals surface area contributed by atoms with Gasteiger partial charge in [-0.2, -0.15) is 10.4 Å². The number of benzene rings is 1. The van der Waals surface area contributed by atoms with Crippen LogP contribution in [0.15, 0.2) is 49.1 Å². The van der Waals surface area contributed by atoms with Crippen molar-refractivity contribution in [3.05, 3.63) is 70.8 Å². The molecule has 9 nitrogen and oxygen atoms in total. The van der Waals surface area contributed by atoms with Gasteiger partial charge < -0.3 is 15.4 Å². The number of aromatic nitrogens is 4. The van der Waals surface area contributed by atoms with Crippen LogP contribution in [-0.2, 0) is 0 Å². The summed E-state index contributed by atoms with van der Waals surface area (Å²) in [6.07, 6.45) is 8.07. The number of hydrogen-bond acceptors (Lipinski definition) is 8. The van der Waals surface area contributed by atoms with Crippen LogP contribution in [0.2, 0.25) is 5.02 Å². The molecule has 0 aliphatic carbocycles. The van der Waals surface area contributed by atoms with E-state index in [0.717, 1.165) is 24.3 Å². The molecule has 39 heavy (non-hydrogen) atoms. The van der Waals surface area contributed by atoms with Gasteiger partial charge in [0.25, 0.3) is 0 Å².